The SMILES string of the molecule is O=C(O)c1nn(COc2cc(Cl)ccc2Cl)cc1Cl. The molecule has 1 aromatic heterocycles. The van der Waals surface area contributed by atoms with Crippen LogP contribution in [0.4, 0.5) is 0 Å². The highest BCUT2D eigenvalue weighted by molar-refractivity contribution is 6.34. The average molecular weight is 322 g/mol. The topological polar surface area (TPSA) is 64.3 Å². The molecule has 0 saturated heterocycles. The van der Waals surface area contributed by atoms with Crippen LogP contribution >= 0.6 is 34.8 Å². The van der Waals surface area contributed by atoms with E-state index >= 15 is 0 Å². The predicted molar refractivity (Wildman–Crippen MR) is 71.3 cm³/mol. The van der Waals surface area contributed by atoms with Crippen molar-refractivity contribution < 1.29 is 14.6 Å². The van der Waals surface area contributed by atoms with Gasteiger partial charge in [0.25, 0.3) is 0 Å². The quantitative estimate of drug-likeness (QED) is 0.935. The summed E-state index contributed by atoms with van der Waals surface area (Å²) in [5.41, 5.74) is -0.234. The number of ether oxygens (including phenoxy) is 1. The minimum absolute atomic E-state index is 0.0347. The van der Waals surface area contributed by atoms with Crippen LogP contribution in [0.5, 0.6) is 5.75 Å². The molecule has 100 valence electrons. The maximum atomic E-state index is 10.8. The van der Waals surface area contributed by atoms with Crippen LogP contribution in [0.25, 0.3) is 0 Å². The Labute approximate surface area is 123 Å². The van der Waals surface area contributed by atoms with Gasteiger partial charge in [0.2, 0.25) is 0 Å². The highest BCUT2D eigenvalue weighted by Crippen LogP contribution is 2.28. The molecular weight excluding hydrogens is 314 g/mol. The fraction of sp³-hybridized carbons (Fsp3) is 0.0909. The zero-order valence-electron chi connectivity index (χ0n) is 9.31. The largest absolute Gasteiger partial charge is 0.476 e. The summed E-state index contributed by atoms with van der Waals surface area (Å²) >= 11 is 17.4. The summed E-state index contributed by atoms with van der Waals surface area (Å²) < 4.78 is 6.64. The van der Waals surface area contributed by atoms with Crippen molar-refractivity contribution in [2.24, 2.45) is 0 Å². The lowest BCUT2D eigenvalue weighted by Gasteiger charge is -2.08. The van der Waals surface area contributed by atoms with E-state index in [4.69, 9.17) is 44.6 Å². The Morgan fingerprint density at radius 1 is 1.32 bits per heavy atom. The number of aromatic carboxylic acids is 1. The molecule has 0 aliphatic carbocycles. The first-order valence-corrected chi connectivity index (χ1v) is 6.15. The van der Waals surface area contributed by atoms with Crippen molar-refractivity contribution in [3.63, 3.8) is 0 Å². The van der Waals surface area contributed by atoms with Gasteiger partial charge in [-0.3, -0.25) is 0 Å². The molecule has 1 N–H and O–H groups in total. The van der Waals surface area contributed by atoms with E-state index in [-0.39, 0.29) is 17.4 Å². The van der Waals surface area contributed by atoms with Gasteiger partial charge < -0.3 is 9.84 Å². The summed E-state index contributed by atoms with van der Waals surface area (Å²) in [5, 5.41) is 13.5. The summed E-state index contributed by atoms with van der Waals surface area (Å²) in [6.07, 6.45) is 1.35. The first kappa shape index (κ1) is 14.0. The fourth-order valence-electron chi connectivity index (χ4n) is 1.33. The van der Waals surface area contributed by atoms with E-state index in [0.29, 0.717) is 15.8 Å². The van der Waals surface area contributed by atoms with Gasteiger partial charge in [-0.15, -0.1) is 0 Å². The van der Waals surface area contributed by atoms with Crippen LogP contribution in [0.1, 0.15) is 10.5 Å². The number of carbonyl (C=O) groups is 1. The van der Waals surface area contributed by atoms with Crippen LogP contribution in [0.2, 0.25) is 15.1 Å². The number of rotatable bonds is 4. The van der Waals surface area contributed by atoms with Crippen LogP contribution < -0.4 is 4.74 Å². The van der Waals surface area contributed by atoms with Crippen molar-refractivity contribution in [2.75, 3.05) is 0 Å². The summed E-state index contributed by atoms with van der Waals surface area (Å²) in [5.74, 6) is -0.831. The fourth-order valence-corrected chi connectivity index (χ4v) is 1.90. The highest BCUT2D eigenvalue weighted by Gasteiger charge is 2.14. The second-order valence-corrected chi connectivity index (χ2v) is 4.77. The zero-order chi connectivity index (χ0) is 14.0. The second kappa shape index (κ2) is 5.69. The molecule has 0 amide bonds. The van der Waals surface area contributed by atoms with Gasteiger partial charge in [-0.2, -0.15) is 5.10 Å². The molecule has 0 fully saturated rings. The Morgan fingerprint density at radius 2 is 2.05 bits per heavy atom. The van der Waals surface area contributed by atoms with Gasteiger partial charge in [-0.25, -0.2) is 9.48 Å². The Balaban J connectivity index is 2.12. The van der Waals surface area contributed by atoms with Crippen LogP contribution in [0.3, 0.4) is 0 Å². The summed E-state index contributed by atoms with van der Waals surface area (Å²) in [4.78, 5) is 10.8. The molecule has 0 unspecified atom stereocenters. The van der Waals surface area contributed by atoms with Crippen LogP contribution in [0.15, 0.2) is 24.4 Å². The van der Waals surface area contributed by atoms with Crippen LogP contribution in [-0.2, 0) is 6.73 Å². The van der Waals surface area contributed by atoms with Crippen molar-refractivity contribution in [3.05, 3.63) is 45.2 Å². The lowest BCUT2D eigenvalue weighted by atomic mass is 10.3. The number of halogens is 3. The number of benzene rings is 1. The van der Waals surface area contributed by atoms with Crippen molar-refractivity contribution in [1.29, 1.82) is 0 Å². The second-order valence-electron chi connectivity index (χ2n) is 3.52. The number of hydrogen-bond acceptors (Lipinski definition) is 3. The lowest BCUT2D eigenvalue weighted by Crippen LogP contribution is -2.07. The van der Waals surface area contributed by atoms with Gasteiger partial charge in [0.1, 0.15) is 5.75 Å². The van der Waals surface area contributed by atoms with Crippen LogP contribution in [-0.4, -0.2) is 20.9 Å². The molecule has 8 heteroatoms. The zero-order valence-corrected chi connectivity index (χ0v) is 11.6. The molecule has 0 bridgehead atoms. The highest BCUT2D eigenvalue weighted by atomic mass is 35.5. The van der Waals surface area contributed by atoms with Crippen molar-refractivity contribution >= 4 is 40.8 Å². The monoisotopic (exact) mass is 320 g/mol. The van der Waals surface area contributed by atoms with Crippen LogP contribution in [0, 0.1) is 0 Å². The number of nitrogens with zero attached hydrogens (tertiary/aromatic N) is 2. The average Bonchev–Trinajstić information content (AvgIpc) is 2.72. The molecule has 5 nitrogen and oxygen atoms in total. The Kier molecular flexibility index (Phi) is 4.19. The number of hydrogen-bond donors (Lipinski definition) is 1. The molecule has 19 heavy (non-hydrogen) atoms. The number of aromatic nitrogens is 2. The first-order chi connectivity index (χ1) is 8.97. The van der Waals surface area contributed by atoms with Gasteiger partial charge in [0, 0.05) is 17.3 Å². The van der Waals surface area contributed by atoms with Gasteiger partial charge in [0.15, 0.2) is 12.4 Å². The third-order valence-electron chi connectivity index (χ3n) is 2.17. The van der Waals surface area contributed by atoms with Crippen molar-refractivity contribution in [3.8, 4) is 5.75 Å². The summed E-state index contributed by atoms with van der Waals surface area (Å²) in [6.45, 7) is -0.0347. The van der Waals surface area contributed by atoms with E-state index in [1.165, 1.54) is 10.9 Å². The molecule has 0 radical (unpaired) electrons. The standard InChI is InChI=1S/C11H7Cl3N2O3/c12-6-1-2-7(13)9(3-6)19-5-16-4-8(14)10(15-16)11(17)18/h1-4H,5H2,(H,17,18). The summed E-state index contributed by atoms with van der Waals surface area (Å²) in [7, 11) is 0. The number of carboxylic acids is 1. The normalized spacial score (nSPS) is 10.5. The van der Waals surface area contributed by atoms with Crippen molar-refractivity contribution in [1.82, 2.24) is 9.78 Å². The Morgan fingerprint density at radius 3 is 2.68 bits per heavy atom. The number of carboxylic acid groups (broad SMARTS) is 1. The molecule has 0 aliphatic rings. The molecule has 0 saturated carbocycles. The van der Waals surface area contributed by atoms with E-state index in [2.05, 4.69) is 5.10 Å². The molecule has 1 heterocycles. The van der Waals surface area contributed by atoms with Gasteiger partial charge in [-0.05, 0) is 12.1 Å². The van der Waals surface area contributed by atoms with Gasteiger partial charge >= 0.3 is 5.97 Å². The summed E-state index contributed by atoms with van der Waals surface area (Å²) in [6, 6.07) is 4.77. The Hall–Kier alpha value is -1.43. The Bertz CT molecular complexity index is 628. The van der Waals surface area contributed by atoms with Crippen molar-refractivity contribution in [2.45, 2.75) is 6.73 Å². The first-order valence-electron chi connectivity index (χ1n) is 5.01. The molecule has 2 aromatic rings. The van der Waals surface area contributed by atoms with E-state index < -0.39 is 5.97 Å². The maximum absolute atomic E-state index is 10.8. The predicted octanol–water partition coefficient (Wildman–Crippen LogP) is 3.58. The molecule has 2 rings (SSSR count). The molecule has 1 aromatic carbocycles. The molecule has 0 atom stereocenters. The molecular formula is C11H7Cl3N2O3. The van der Waals surface area contributed by atoms with Gasteiger partial charge in [0.05, 0.1) is 10.0 Å². The molecule has 0 spiro atoms. The minimum atomic E-state index is -1.20. The third kappa shape index (κ3) is 3.32. The third-order valence-corrected chi connectivity index (χ3v) is 2.99. The van der Waals surface area contributed by atoms with Gasteiger partial charge in [-0.1, -0.05) is 34.8 Å². The van der Waals surface area contributed by atoms with E-state index in [9.17, 15) is 4.79 Å². The molecule has 0 aliphatic heterocycles. The van der Waals surface area contributed by atoms with E-state index in [0.717, 1.165) is 0 Å². The smallest absolute Gasteiger partial charge is 0.357 e. The van der Waals surface area contributed by atoms with E-state index in [1.54, 1.807) is 18.2 Å². The maximum Gasteiger partial charge on any atom is 0.357 e. The minimum Gasteiger partial charge on any atom is -0.476 e. The lowest BCUT2D eigenvalue weighted by molar-refractivity contribution is 0.0688. The van der Waals surface area contributed by atoms with E-state index in [1.807, 2.05) is 0 Å².